The molecule has 2 aromatic heterocycles. The first-order valence-electron chi connectivity index (χ1n) is 8.69. The Kier molecular flexibility index (Phi) is 5.20. The number of rotatable bonds is 6. The first kappa shape index (κ1) is 18.7. The third kappa shape index (κ3) is 3.83. The number of nitrogens with zero attached hydrogens (tertiary/aromatic N) is 4. The number of anilines is 1. The van der Waals surface area contributed by atoms with Crippen LogP contribution in [0.25, 0.3) is 4.96 Å². The number of imidazole rings is 1. The molecule has 3 rings (SSSR count). The van der Waals surface area contributed by atoms with Crippen molar-refractivity contribution in [2.24, 2.45) is 0 Å². The Morgan fingerprint density at radius 1 is 1.27 bits per heavy atom. The molecule has 0 saturated heterocycles. The molecule has 2 heterocycles. The second-order valence-electron chi connectivity index (χ2n) is 7.61. The molecule has 0 bridgehead atoms. The van der Waals surface area contributed by atoms with Crippen LogP contribution in [0.3, 0.4) is 0 Å². The van der Waals surface area contributed by atoms with Gasteiger partial charge in [0.15, 0.2) is 0 Å². The summed E-state index contributed by atoms with van der Waals surface area (Å²) in [6.07, 6.45) is 2.01. The van der Waals surface area contributed by atoms with Crippen LogP contribution in [0.15, 0.2) is 30.5 Å². The van der Waals surface area contributed by atoms with Gasteiger partial charge in [-0.25, -0.2) is 9.50 Å². The van der Waals surface area contributed by atoms with Crippen LogP contribution >= 0.6 is 11.3 Å². The van der Waals surface area contributed by atoms with Gasteiger partial charge in [-0.05, 0) is 20.2 Å². The van der Waals surface area contributed by atoms with E-state index >= 15 is 0 Å². The molecule has 0 amide bonds. The molecule has 0 aliphatic rings. The Hall–Kier alpha value is -2.12. The predicted molar refractivity (Wildman–Crippen MR) is 107 cm³/mol. The number of hydrogen-bond donors (Lipinski definition) is 1. The minimum absolute atomic E-state index is 0.0287. The fraction of sp³-hybridized carbons (Fsp3) is 0.474. The van der Waals surface area contributed by atoms with E-state index < -0.39 is 0 Å². The lowest BCUT2D eigenvalue weighted by molar-refractivity contribution is 0.300. The van der Waals surface area contributed by atoms with E-state index in [2.05, 4.69) is 56.2 Å². The second-order valence-corrected chi connectivity index (χ2v) is 8.57. The van der Waals surface area contributed by atoms with Crippen LogP contribution in [0, 0.1) is 0 Å². The summed E-state index contributed by atoms with van der Waals surface area (Å²) in [6.45, 7) is 7.21. The summed E-state index contributed by atoms with van der Waals surface area (Å²) in [6, 6.07) is 8.31. The van der Waals surface area contributed by atoms with Crippen molar-refractivity contribution < 1.29 is 4.74 Å². The number of nitrogens with one attached hydrogen (secondary N) is 1. The van der Waals surface area contributed by atoms with Gasteiger partial charge in [0.05, 0.1) is 25.0 Å². The summed E-state index contributed by atoms with van der Waals surface area (Å²) >= 11 is 1.57. The fourth-order valence-corrected chi connectivity index (χ4v) is 3.62. The lowest BCUT2D eigenvalue weighted by atomic mass is 9.93. The maximum atomic E-state index is 5.53. The van der Waals surface area contributed by atoms with Crippen molar-refractivity contribution in [2.45, 2.75) is 32.2 Å². The SMILES string of the molecule is COc1ccccc1[C@H](CNc1nn2cc(C(C)(C)C)nc2s1)N(C)C. The van der Waals surface area contributed by atoms with Gasteiger partial charge in [-0.15, -0.1) is 5.10 Å². The average Bonchev–Trinajstić information content (AvgIpc) is 3.13. The summed E-state index contributed by atoms with van der Waals surface area (Å²) in [5.74, 6) is 0.900. The fourth-order valence-electron chi connectivity index (χ4n) is 2.83. The third-order valence-electron chi connectivity index (χ3n) is 4.38. The van der Waals surface area contributed by atoms with Crippen molar-refractivity contribution in [1.82, 2.24) is 19.5 Å². The van der Waals surface area contributed by atoms with Crippen LogP contribution in [0.2, 0.25) is 0 Å². The molecule has 0 aliphatic carbocycles. The van der Waals surface area contributed by atoms with Gasteiger partial charge < -0.3 is 15.0 Å². The summed E-state index contributed by atoms with van der Waals surface area (Å²) in [4.78, 5) is 7.80. The molecule has 0 fully saturated rings. The minimum Gasteiger partial charge on any atom is -0.496 e. The molecule has 7 heteroatoms. The second kappa shape index (κ2) is 7.25. The Labute approximate surface area is 158 Å². The molecule has 6 nitrogen and oxygen atoms in total. The zero-order chi connectivity index (χ0) is 18.9. The zero-order valence-electron chi connectivity index (χ0n) is 16.3. The summed E-state index contributed by atoms with van der Waals surface area (Å²) < 4.78 is 7.39. The number of ether oxygens (including phenoxy) is 1. The highest BCUT2D eigenvalue weighted by Gasteiger charge is 2.21. The van der Waals surface area contributed by atoms with Crippen LogP contribution < -0.4 is 10.1 Å². The molecule has 26 heavy (non-hydrogen) atoms. The highest BCUT2D eigenvalue weighted by molar-refractivity contribution is 7.20. The number of hydrogen-bond acceptors (Lipinski definition) is 6. The third-order valence-corrected chi connectivity index (χ3v) is 5.26. The van der Waals surface area contributed by atoms with Crippen molar-refractivity contribution in [3.63, 3.8) is 0 Å². The average molecular weight is 374 g/mol. The van der Waals surface area contributed by atoms with Crippen molar-refractivity contribution in [1.29, 1.82) is 0 Å². The first-order valence-corrected chi connectivity index (χ1v) is 9.51. The van der Waals surface area contributed by atoms with Gasteiger partial charge in [0.2, 0.25) is 10.1 Å². The molecule has 1 aromatic carbocycles. The summed E-state index contributed by atoms with van der Waals surface area (Å²) in [7, 11) is 5.85. The maximum Gasteiger partial charge on any atom is 0.214 e. The number of benzene rings is 1. The van der Waals surface area contributed by atoms with E-state index in [1.807, 2.05) is 28.9 Å². The van der Waals surface area contributed by atoms with E-state index in [1.165, 1.54) is 0 Å². The predicted octanol–water partition coefficient (Wildman–Crippen LogP) is 3.81. The molecule has 0 spiro atoms. The molecular weight excluding hydrogens is 346 g/mol. The quantitative estimate of drug-likeness (QED) is 0.712. The Balaban J connectivity index is 1.77. The Morgan fingerprint density at radius 2 is 2.00 bits per heavy atom. The van der Waals surface area contributed by atoms with Crippen LogP contribution in [0.4, 0.5) is 5.13 Å². The number of likely N-dealkylation sites (N-methyl/N-ethyl adjacent to an activating group) is 1. The van der Waals surface area contributed by atoms with E-state index in [1.54, 1.807) is 18.4 Å². The van der Waals surface area contributed by atoms with Crippen molar-refractivity contribution >= 4 is 21.4 Å². The smallest absolute Gasteiger partial charge is 0.214 e. The number of methoxy groups -OCH3 is 1. The molecule has 0 unspecified atom stereocenters. The van der Waals surface area contributed by atoms with Crippen LogP contribution in [0.5, 0.6) is 5.75 Å². The molecule has 0 saturated carbocycles. The van der Waals surface area contributed by atoms with Gasteiger partial charge in [0.25, 0.3) is 0 Å². The lowest BCUT2D eigenvalue weighted by Crippen LogP contribution is -2.27. The van der Waals surface area contributed by atoms with E-state index in [4.69, 9.17) is 9.72 Å². The van der Waals surface area contributed by atoms with Gasteiger partial charge in [-0.3, -0.25) is 0 Å². The standard InChI is InChI=1S/C19H27N5OS/c1-19(2,3)16-12-24-18(21-16)26-17(22-24)20-11-14(23(4)5)13-9-7-8-10-15(13)25-6/h7-10,12,14H,11H2,1-6H3,(H,20,22)/t14-/m0/s1. The Morgan fingerprint density at radius 3 is 2.62 bits per heavy atom. The van der Waals surface area contributed by atoms with Gasteiger partial charge >= 0.3 is 0 Å². The van der Waals surface area contributed by atoms with Gasteiger partial charge in [0.1, 0.15) is 5.75 Å². The molecule has 0 aliphatic heterocycles. The van der Waals surface area contributed by atoms with Gasteiger partial charge in [-0.2, -0.15) is 0 Å². The molecule has 1 N–H and O–H groups in total. The highest BCUT2D eigenvalue weighted by Crippen LogP contribution is 2.29. The van der Waals surface area contributed by atoms with Crippen LogP contribution in [-0.2, 0) is 5.41 Å². The molecule has 140 valence electrons. The van der Waals surface area contributed by atoms with Crippen molar-refractivity contribution in [2.75, 3.05) is 33.1 Å². The number of para-hydroxylation sites is 1. The van der Waals surface area contributed by atoms with Crippen LogP contribution in [0.1, 0.15) is 38.1 Å². The minimum atomic E-state index is 0.0287. The molecule has 0 radical (unpaired) electrons. The van der Waals surface area contributed by atoms with Gasteiger partial charge in [0, 0.05) is 17.5 Å². The monoisotopic (exact) mass is 373 g/mol. The number of fused-ring (bicyclic) bond motifs is 1. The first-order chi connectivity index (χ1) is 12.3. The summed E-state index contributed by atoms with van der Waals surface area (Å²) in [5.41, 5.74) is 2.24. The topological polar surface area (TPSA) is 54.7 Å². The van der Waals surface area contributed by atoms with E-state index in [0.717, 1.165) is 33.6 Å². The van der Waals surface area contributed by atoms with E-state index in [9.17, 15) is 0 Å². The largest absolute Gasteiger partial charge is 0.496 e. The van der Waals surface area contributed by atoms with E-state index in [0.29, 0.717) is 0 Å². The lowest BCUT2D eigenvalue weighted by Gasteiger charge is -2.26. The highest BCUT2D eigenvalue weighted by atomic mass is 32.1. The van der Waals surface area contributed by atoms with Crippen molar-refractivity contribution in [3.8, 4) is 5.75 Å². The zero-order valence-corrected chi connectivity index (χ0v) is 17.1. The molecule has 3 aromatic rings. The van der Waals surface area contributed by atoms with Crippen molar-refractivity contribution in [3.05, 3.63) is 41.7 Å². The van der Waals surface area contributed by atoms with Gasteiger partial charge in [-0.1, -0.05) is 50.3 Å². The molecule has 1 atom stereocenters. The number of aromatic nitrogens is 3. The normalized spacial score (nSPS) is 13.3. The summed E-state index contributed by atoms with van der Waals surface area (Å²) in [5, 5.41) is 8.96. The van der Waals surface area contributed by atoms with E-state index in [-0.39, 0.29) is 11.5 Å². The maximum absolute atomic E-state index is 5.53. The Bertz CT molecular complexity index is 846. The molecular formula is C19H27N5OS. The van der Waals surface area contributed by atoms with Crippen LogP contribution in [-0.4, -0.2) is 47.2 Å².